The van der Waals surface area contributed by atoms with Crippen LogP contribution in [0.1, 0.15) is 32.3 Å². The largest absolute Gasteiger partial charge is 0.490 e. The highest BCUT2D eigenvalue weighted by molar-refractivity contribution is 5.54. The van der Waals surface area contributed by atoms with Gasteiger partial charge in [0.2, 0.25) is 0 Å². The van der Waals surface area contributed by atoms with Crippen LogP contribution in [0.5, 0.6) is 11.5 Å². The summed E-state index contributed by atoms with van der Waals surface area (Å²) in [6, 6.07) is 16.6. The zero-order valence-corrected chi connectivity index (χ0v) is 14.2. The van der Waals surface area contributed by atoms with E-state index in [4.69, 9.17) is 9.47 Å². The van der Waals surface area contributed by atoms with Crippen molar-refractivity contribution >= 4 is 5.69 Å². The number of hydrogen-bond donors (Lipinski definition) is 1. The van der Waals surface area contributed by atoms with Crippen LogP contribution in [-0.2, 0) is 6.42 Å². The molecule has 0 saturated heterocycles. The number of anilines is 1. The molecule has 0 bridgehead atoms. The molecular weight excluding hydrogens is 286 g/mol. The Bertz CT molecular complexity index is 569. The summed E-state index contributed by atoms with van der Waals surface area (Å²) in [4.78, 5) is 0. The van der Waals surface area contributed by atoms with E-state index >= 15 is 0 Å². The Morgan fingerprint density at radius 1 is 0.826 bits per heavy atom. The summed E-state index contributed by atoms with van der Waals surface area (Å²) in [6.45, 7) is 6.52. The molecule has 1 N–H and O–H groups in total. The highest BCUT2D eigenvalue weighted by Crippen LogP contribution is 2.30. The van der Waals surface area contributed by atoms with Gasteiger partial charge in [0, 0.05) is 18.3 Å². The van der Waals surface area contributed by atoms with Gasteiger partial charge < -0.3 is 14.8 Å². The van der Waals surface area contributed by atoms with E-state index in [1.54, 1.807) is 0 Å². The molecule has 0 aliphatic carbocycles. The van der Waals surface area contributed by atoms with Gasteiger partial charge in [-0.25, -0.2) is 0 Å². The number of hydrogen-bond acceptors (Lipinski definition) is 3. The Balaban J connectivity index is 1.95. The Morgan fingerprint density at radius 2 is 1.52 bits per heavy atom. The highest BCUT2D eigenvalue weighted by atomic mass is 16.5. The average molecular weight is 313 g/mol. The standard InChI is InChI=1S/C20H27NO2/c1-3-14-22-19-11-10-18(16-20(19)23-15-4-2)21-13-12-17-8-6-5-7-9-17/h5-11,16,21H,3-4,12-15H2,1-2H3. The van der Waals surface area contributed by atoms with Crippen LogP contribution >= 0.6 is 0 Å². The lowest BCUT2D eigenvalue weighted by atomic mass is 10.1. The maximum atomic E-state index is 5.82. The first kappa shape index (κ1) is 17.2. The third-order valence-corrected chi connectivity index (χ3v) is 3.45. The summed E-state index contributed by atoms with van der Waals surface area (Å²) in [7, 11) is 0. The summed E-state index contributed by atoms with van der Waals surface area (Å²) < 4.78 is 11.6. The van der Waals surface area contributed by atoms with Gasteiger partial charge in [0.15, 0.2) is 11.5 Å². The van der Waals surface area contributed by atoms with Crippen LogP contribution in [0.4, 0.5) is 5.69 Å². The van der Waals surface area contributed by atoms with Crippen LogP contribution in [0.25, 0.3) is 0 Å². The monoisotopic (exact) mass is 313 g/mol. The predicted molar refractivity (Wildman–Crippen MR) is 96.6 cm³/mol. The zero-order chi connectivity index (χ0) is 16.3. The van der Waals surface area contributed by atoms with E-state index in [9.17, 15) is 0 Å². The van der Waals surface area contributed by atoms with Crippen LogP contribution in [0.15, 0.2) is 48.5 Å². The summed E-state index contributed by atoms with van der Waals surface area (Å²) >= 11 is 0. The second-order valence-corrected chi connectivity index (χ2v) is 5.52. The van der Waals surface area contributed by atoms with Gasteiger partial charge in [-0.2, -0.15) is 0 Å². The van der Waals surface area contributed by atoms with E-state index < -0.39 is 0 Å². The molecule has 23 heavy (non-hydrogen) atoms. The Hall–Kier alpha value is -2.16. The number of benzene rings is 2. The topological polar surface area (TPSA) is 30.5 Å². The zero-order valence-electron chi connectivity index (χ0n) is 14.2. The molecule has 0 heterocycles. The molecule has 0 atom stereocenters. The second-order valence-electron chi connectivity index (χ2n) is 5.52. The van der Waals surface area contributed by atoms with Crippen LogP contribution in [0, 0.1) is 0 Å². The molecule has 0 aliphatic heterocycles. The molecule has 2 aromatic carbocycles. The molecule has 3 heteroatoms. The smallest absolute Gasteiger partial charge is 0.163 e. The fourth-order valence-electron chi connectivity index (χ4n) is 2.27. The van der Waals surface area contributed by atoms with Crippen LogP contribution < -0.4 is 14.8 Å². The minimum absolute atomic E-state index is 0.704. The van der Waals surface area contributed by atoms with Gasteiger partial charge in [0.05, 0.1) is 13.2 Å². The fraction of sp³-hybridized carbons (Fsp3) is 0.400. The third kappa shape index (κ3) is 5.85. The van der Waals surface area contributed by atoms with Gasteiger partial charge >= 0.3 is 0 Å². The van der Waals surface area contributed by atoms with Crippen molar-refractivity contribution in [1.82, 2.24) is 0 Å². The van der Waals surface area contributed by atoms with Crippen molar-refractivity contribution in [2.45, 2.75) is 33.1 Å². The molecule has 0 unspecified atom stereocenters. The summed E-state index contributed by atoms with van der Waals surface area (Å²) in [5.74, 6) is 1.65. The Labute approximate surface area is 139 Å². The molecule has 0 aliphatic rings. The number of ether oxygens (including phenoxy) is 2. The highest BCUT2D eigenvalue weighted by Gasteiger charge is 2.06. The quantitative estimate of drug-likeness (QED) is 0.675. The van der Waals surface area contributed by atoms with E-state index in [2.05, 4.69) is 49.5 Å². The van der Waals surface area contributed by atoms with Crippen molar-refractivity contribution < 1.29 is 9.47 Å². The Kier molecular flexibility index (Phi) is 7.31. The fourth-order valence-corrected chi connectivity index (χ4v) is 2.27. The van der Waals surface area contributed by atoms with E-state index in [1.807, 2.05) is 18.2 Å². The number of rotatable bonds is 10. The maximum absolute atomic E-state index is 5.82. The van der Waals surface area contributed by atoms with Gasteiger partial charge in [-0.3, -0.25) is 0 Å². The van der Waals surface area contributed by atoms with E-state index in [1.165, 1.54) is 5.56 Å². The van der Waals surface area contributed by atoms with Crippen LogP contribution in [0.3, 0.4) is 0 Å². The maximum Gasteiger partial charge on any atom is 0.163 e. The molecule has 2 rings (SSSR count). The summed E-state index contributed by atoms with van der Waals surface area (Å²) in [5.41, 5.74) is 2.40. The van der Waals surface area contributed by atoms with E-state index in [0.29, 0.717) is 13.2 Å². The summed E-state index contributed by atoms with van der Waals surface area (Å²) in [5, 5.41) is 3.46. The predicted octanol–water partition coefficient (Wildman–Crippen LogP) is 4.92. The van der Waals surface area contributed by atoms with Crippen LogP contribution in [0.2, 0.25) is 0 Å². The molecular formula is C20H27NO2. The molecule has 0 fully saturated rings. The third-order valence-electron chi connectivity index (χ3n) is 3.45. The van der Waals surface area contributed by atoms with Crippen molar-refractivity contribution in [2.75, 3.05) is 25.1 Å². The summed E-state index contributed by atoms with van der Waals surface area (Å²) in [6.07, 6.45) is 2.98. The van der Waals surface area contributed by atoms with Gasteiger partial charge in [-0.15, -0.1) is 0 Å². The first-order chi connectivity index (χ1) is 11.3. The van der Waals surface area contributed by atoms with Crippen LogP contribution in [-0.4, -0.2) is 19.8 Å². The lowest BCUT2D eigenvalue weighted by Gasteiger charge is -2.14. The molecule has 124 valence electrons. The molecule has 0 saturated carbocycles. The van der Waals surface area contributed by atoms with Crippen molar-refractivity contribution in [1.29, 1.82) is 0 Å². The first-order valence-electron chi connectivity index (χ1n) is 8.51. The minimum Gasteiger partial charge on any atom is -0.490 e. The lowest BCUT2D eigenvalue weighted by molar-refractivity contribution is 0.268. The molecule has 0 aromatic heterocycles. The second kappa shape index (κ2) is 9.78. The average Bonchev–Trinajstić information content (AvgIpc) is 2.60. The van der Waals surface area contributed by atoms with Crippen molar-refractivity contribution in [3.05, 3.63) is 54.1 Å². The van der Waals surface area contributed by atoms with E-state index in [0.717, 1.165) is 43.0 Å². The minimum atomic E-state index is 0.704. The van der Waals surface area contributed by atoms with E-state index in [-0.39, 0.29) is 0 Å². The lowest BCUT2D eigenvalue weighted by Crippen LogP contribution is -2.06. The van der Waals surface area contributed by atoms with Crippen molar-refractivity contribution in [2.24, 2.45) is 0 Å². The molecule has 3 nitrogen and oxygen atoms in total. The van der Waals surface area contributed by atoms with Gasteiger partial charge in [-0.05, 0) is 37.0 Å². The SMILES string of the molecule is CCCOc1ccc(NCCc2ccccc2)cc1OCCC. The van der Waals surface area contributed by atoms with Crippen molar-refractivity contribution in [3.63, 3.8) is 0 Å². The van der Waals surface area contributed by atoms with Gasteiger partial charge in [0.1, 0.15) is 0 Å². The molecule has 2 aromatic rings. The number of nitrogens with one attached hydrogen (secondary N) is 1. The molecule has 0 spiro atoms. The van der Waals surface area contributed by atoms with Gasteiger partial charge in [0.25, 0.3) is 0 Å². The van der Waals surface area contributed by atoms with Crippen molar-refractivity contribution in [3.8, 4) is 11.5 Å². The molecule has 0 amide bonds. The molecule has 0 radical (unpaired) electrons. The first-order valence-corrected chi connectivity index (χ1v) is 8.51. The Morgan fingerprint density at radius 3 is 2.22 bits per heavy atom. The van der Waals surface area contributed by atoms with Gasteiger partial charge in [-0.1, -0.05) is 44.2 Å². The normalized spacial score (nSPS) is 10.3.